The third kappa shape index (κ3) is 2.86. The molecule has 1 unspecified atom stereocenters. The first-order chi connectivity index (χ1) is 4.30. The van der Waals surface area contributed by atoms with Crippen molar-refractivity contribution in [1.29, 1.82) is 0 Å². The van der Waals surface area contributed by atoms with E-state index in [1.165, 1.54) is 12.8 Å². The summed E-state index contributed by atoms with van der Waals surface area (Å²) in [5, 5.41) is 0. The standard InChI is InChI=1S/C7H15NO.ClH/c1-6(8)7-3-2-4-9-5-7;/h6-7H,2-5,8H2,1H3;1H/t6-,7?;/m1./s1. The van der Waals surface area contributed by atoms with Crippen molar-refractivity contribution in [2.45, 2.75) is 25.8 Å². The van der Waals surface area contributed by atoms with E-state index in [0.29, 0.717) is 12.0 Å². The molecule has 0 aliphatic carbocycles. The van der Waals surface area contributed by atoms with Gasteiger partial charge < -0.3 is 10.5 Å². The number of ether oxygens (including phenoxy) is 1. The predicted octanol–water partition coefficient (Wildman–Crippen LogP) is 1.18. The molecule has 1 aliphatic heterocycles. The molecular weight excluding hydrogens is 150 g/mol. The molecule has 1 heterocycles. The van der Waals surface area contributed by atoms with Gasteiger partial charge in [-0.3, -0.25) is 0 Å². The van der Waals surface area contributed by atoms with Gasteiger partial charge in [-0.25, -0.2) is 0 Å². The van der Waals surface area contributed by atoms with Gasteiger partial charge in [-0.2, -0.15) is 0 Å². The molecule has 1 saturated heterocycles. The van der Waals surface area contributed by atoms with Gasteiger partial charge in [-0.15, -0.1) is 12.4 Å². The second-order valence-electron chi connectivity index (χ2n) is 2.84. The zero-order valence-corrected chi connectivity index (χ0v) is 7.19. The molecule has 0 aromatic heterocycles. The number of nitrogens with two attached hydrogens (primary N) is 1. The molecule has 1 rings (SSSR count). The number of hydrogen-bond donors (Lipinski definition) is 1. The van der Waals surface area contributed by atoms with E-state index >= 15 is 0 Å². The van der Waals surface area contributed by atoms with Gasteiger partial charge in [0.05, 0.1) is 6.61 Å². The van der Waals surface area contributed by atoms with Crippen molar-refractivity contribution in [1.82, 2.24) is 0 Å². The van der Waals surface area contributed by atoms with Crippen molar-refractivity contribution < 1.29 is 4.74 Å². The monoisotopic (exact) mass is 165 g/mol. The second kappa shape index (κ2) is 4.94. The summed E-state index contributed by atoms with van der Waals surface area (Å²) in [6.07, 6.45) is 2.43. The van der Waals surface area contributed by atoms with E-state index in [-0.39, 0.29) is 12.4 Å². The Labute approximate surface area is 68.5 Å². The van der Waals surface area contributed by atoms with Crippen LogP contribution in [-0.2, 0) is 4.74 Å². The smallest absolute Gasteiger partial charge is 0.0508 e. The van der Waals surface area contributed by atoms with Crippen molar-refractivity contribution in [3.8, 4) is 0 Å². The lowest BCUT2D eigenvalue weighted by Gasteiger charge is -2.24. The minimum atomic E-state index is 0. The summed E-state index contributed by atoms with van der Waals surface area (Å²) < 4.78 is 5.26. The summed E-state index contributed by atoms with van der Waals surface area (Å²) in [5.41, 5.74) is 5.69. The molecule has 0 bridgehead atoms. The zero-order valence-electron chi connectivity index (χ0n) is 6.38. The highest BCUT2D eigenvalue weighted by atomic mass is 35.5. The Morgan fingerprint density at radius 2 is 2.30 bits per heavy atom. The van der Waals surface area contributed by atoms with Crippen molar-refractivity contribution in [3.63, 3.8) is 0 Å². The maximum atomic E-state index is 5.69. The Bertz CT molecular complexity index is 81.7. The normalized spacial score (nSPS) is 28.8. The van der Waals surface area contributed by atoms with Crippen LogP contribution in [0.5, 0.6) is 0 Å². The van der Waals surface area contributed by atoms with Gasteiger partial charge in [0.2, 0.25) is 0 Å². The summed E-state index contributed by atoms with van der Waals surface area (Å²) >= 11 is 0. The molecule has 1 aliphatic rings. The van der Waals surface area contributed by atoms with E-state index < -0.39 is 0 Å². The lowest BCUT2D eigenvalue weighted by atomic mass is 9.96. The molecule has 0 aromatic carbocycles. The Morgan fingerprint density at radius 1 is 1.60 bits per heavy atom. The van der Waals surface area contributed by atoms with E-state index in [1.54, 1.807) is 0 Å². The third-order valence-electron chi connectivity index (χ3n) is 1.94. The SMILES string of the molecule is C[C@@H](N)C1CCCOC1.Cl. The fourth-order valence-electron chi connectivity index (χ4n) is 1.18. The summed E-state index contributed by atoms with van der Waals surface area (Å²) in [6.45, 7) is 3.86. The minimum Gasteiger partial charge on any atom is -0.381 e. The second-order valence-corrected chi connectivity index (χ2v) is 2.84. The highest BCUT2D eigenvalue weighted by molar-refractivity contribution is 5.85. The summed E-state index contributed by atoms with van der Waals surface area (Å²) in [7, 11) is 0. The van der Waals surface area contributed by atoms with Crippen LogP contribution in [0.3, 0.4) is 0 Å². The molecule has 2 N–H and O–H groups in total. The van der Waals surface area contributed by atoms with Crippen LogP contribution in [-0.4, -0.2) is 19.3 Å². The molecule has 10 heavy (non-hydrogen) atoms. The van der Waals surface area contributed by atoms with E-state index in [2.05, 4.69) is 6.92 Å². The van der Waals surface area contributed by atoms with E-state index in [9.17, 15) is 0 Å². The first-order valence-corrected chi connectivity index (χ1v) is 3.64. The molecule has 2 atom stereocenters. The molecule has 0 radical (unpaired) electrons. The molecule has 2 nitrogen and oxygen atoms in total. The van der Waals surface area contributed by atoms with Crippen LogP contribution >= 0.6 is 12.4 Å². The maximum Gasteiger partial charge on any atom is 0.0508 e. The topological polar surface area (TPSA) is 35.2 Å². The summed E-state index contributed by atoms with van der Waals surface area (Å²) in [4.78, 5) is 0. The maximum absolute atomic E-state index is 5.69. The van der Waals surface area contributed by atoms with Crippen LogP contribution in [0, 0.1) is 5.92 Å². The molecule has 0 spiro atoms. The molecule has 62 valence electrons. The number of hydrogen-bond acceptors (Lipinski definition) is 2. The van der Waals surface area contributed by atoms with Crippen LogP contribution < -0.4 is 5.73 Å². The average Bonchev–Trinajstić information content (AvgIpc) is 1.90. The Kier molecular flexibility index (Phi) is 5.04. The fraction of sp³-hybridized carbons (Fsp3) is 1.00. The number of rotatable bonds is 1. The van der Waals surface area contributed by atoms with Crippen LogP contribution in [0.15, 0.2) is 0 Å². The molecule has 3 heteroatoms. The summed E-state index contributed by atoms with van der Waals surface area (Å²) in [5.74, 6) is 0.610. The molecule has 1 fully saturated rings. The van der Waals surface area contributed by atoms with Crippen LogP contribution in [0.1, 0.15) is 19.8 Å². The fourth-order valence-corrected chi connectivity index (χ4v) is 1.18. The van der Waals surface area contributed by atoms with Gasteiger partial charge in [-0.1, -0.05) is 0 Å². The molecule has 0 aromatic rings. The van der Waals surface area contributed by atoms with Gasteiger partial charge in [0.15, 0.2) is 0 Å². The van der Waals surface area contributed by atoms with Gasteiger partial charge in [0, 0.05) is 12.6 Å². The van der Waals surface area contributed by atoms with Crippen LogP contribution in [0.4, 0.5) is 0 Å². The highest BCUT2D eigenvalue weighted by Crippen LogP contribution is 2.15. The first-order valence-electron chi connectivity index (χ1n) is 3.64. The molecule has 0 saturated carbocycles. The van der Waals surface area contributed by atoms with Crippen molar-refractivity contribution in [2.24, 2.45) is 11.7 Å². The van der Waals surface area contributed by atoms with Crippen LogP contribution in [0.2, 0.25) is 0 Å². The Balaban J connectivity index is 0.000000810. The van der Waals surface area contributed by atoms with E-state index in [1.807, 2.05) is 0 Å². The van der Waals surface area contributed by atoms with E-state index in [4.69, 9.17) is 10.5 Å². The van der Waals surface area contributed by atoms with E-state index in [0.717, 1.165) is 13.2 Å². The molecule has 0 amide bonds. The Hall–Kier alpha value is 0.210. The van der Waals surface area contributed by atoms with Gasteiger partial charge in [0.25, 0.3) is 0 Å². The van der Waals surface area contributed by atoms with Crippen molar-refractivity contribution >= 4 is 12.4 Å². The molecular formula is C7H16ClNO. The quantitative estimate of drug-likeness (QED) is 0.634. The highest BCUT2D eigenvalue weighted by Gasteiger charge is 2.16. The lowest BCUT2D eigenvalue weighted by molar-refractivity contribution is 0.0472. The third-order valence-corrected chi connectivity index (χ3v) is 1.94. The van der Waals surface area contributed by atoms with Gasteiger partial charge in [-0.05, 0) is 25.7 Å². The van der Waals surface area contributed by atoms with Crippen LogP contribution in [0.25, 0.3) is 0 Å². The van der Waals surface area contributed by atoms with Gasteiger partial charge >= 0.3 is 0 Å². The lowest BCUT2D eigenvalue weighted by Crippen LogP contribution is -2.33. The van der Waals surface area contributed by atoms with Gasteiger partial charge in [0.1, 0.15) is 0 Å². The van der Waals surface area contributed by atoms with Crippen molar-refractivity contribution in [3.05, 3.63) is 0 Å². The zero-order chi connectivity index (χ0) is 6.69. The predicted molar refractivity (Wildman–Crippen MR) is 44.4 cm³/mol. The number of halogens is 1. The average molecular weight is 166 g/mol. The van der Waals surface area contributed by atoms with Crippen molar-refractivity contribution in [2.75, 3.05) is 13.2 Å². The Morgan fingerprint density at radius 3 is 2.60 bits per heavy atom. The largest absolute Gasteiger partial charge is 0.381 e. The summed E-state index contributed by atoms with van der Waals surface area (Å²) in [6, 6.07) is 0.310. The minimum absolute atomic E-state index is 0. The first kappa shape index (κ1) is 10.2.